The average molecular weight is 785 g/mol. The van der Waals surface area contributed by atoms with E-state index in [0.717, 1.165) is 30.4 Å². The smallest absolute Gasteiger partial charge is 0.432 e. The van der Waals surface area contributed by atoms with Crippen molar-refractivity contribution in [2.75, 3.05) is 35.0 Å². The topological polar surface area (TPSA) is 90.9 Å². The zero-order valence-electron chi connectivity index (χ0n) is 33.0. The molecule has 0 unspecified atom stereocenters. The lowest BCUT2D eigenvalue weighted by Crippen LogP contribution is -2.53. The Bertz CT molecular complexity index is 1840. The molecule has 0 fully saturated rings. The molecule has 298 valence electrons. The van der Waals surface area contributed by atoms with Crippen molar-refractivity contribution in [1.82, 2.24) is 0 Å². The number of benzene rings is 4. The van der Waals surface area contributed by atoms with Crippen LogP contribution in [0.25, 0.3) is 0 Å². The van der Waals surface area contributed by atoms with Crippen LogP contribution in [0.5, 0.6) is 28.7 Å². The summed E-state index contributed by atoms with van der Waals surface area (Å²) in [5, 5.41) is -0.260. The molecule has 0 aromatic heterocycles. The van der Waals surface area contributed by atoms with Gasteiger partial charge in [-0.15, -0.1) is 0 Å². The maximum atomic E-state index is 15.3. The molecule has 0 aliphatic rings. The minimum absolute atomic E-state index is 0.156. The maximum absolute atomic E-state index is 15.3. The summed E-state index contributed by atoms with van der Waals surface area (Å²) < 4.78 is 93.5. The predicted octanol–water partition coefficient (Wildman–Crippen LogP) is 9.76. The zero-order valence-corrected chi connectivity index (χ0v) is 34.0. The van der Waals surface area contributed by atoms with Gasteiger partial charge in [0, 0.05) is 18.2 Å². The molecule has 0 spiro atoms. The van der Waals surface area contributed by atoms with E-state index in [1.54, 1.807) is 18.2 Å². The number of ether oxygens (including phenoxy) is 7. The van der Waals surface area contributed by atoms with Gasteiger partial charge in [-0.25, -0.2) is 4.79 Å². The highest BCUT2D eigenvalue weighted by Gasteiger charge is 2.64. The Hall–Kier alpha value is -4.72. The molecule has 4 rings (SSSR count). The minimum Gasteiger partial charge on any atom is -0.493 e. The minimum atomic E-state index is -5.25. The fourth-order valence-corrected chi connectivity index (χ4v) is 6.62. The van der Waals surface area contributed by atoms with Crippen LogP contribution in [0.3, 0.4) is 0 Å². The van der Waals surface area contributed by atoms with Crippen LogP contribution < -0.4 is 23.7 Å². The fraction of sp³-hybridized carbons (Fsp3) is 0.405. The summed E-state index contributed by atoms with van der Waals surface area (Å²) >= 11 is 0. The number of carbonyl (C=O) groups is 1. The van der Waals surface area contributed by atoms with Gasteiger partial charge in [-0.1, -0.05) is 87.5 Å². The molecule has 3 atom stereocenters. The normalized spacial score (nSPS) is 14.3. The molecule has 0 saturated heterocycles. The highest BCUT2D eigenvalue weighted by Crippen LogP contribution is 2.47. The first-order valence-corrected chi connectivity index (χ1v) is 20.6. The molecule has 0 aliphatic carbocycles. The molecular formula is C42H51F3O9Si. The lowest BCUT2D eigenvalue weighted by molar-refractivity contribution is -0.279. The van der Waals surface area contributed by atoms with Crippen molar-refractivity contribution in [3.05, 3.63) is 113 Å². The van der Waals surface area contributed by atoms with E-state index in [9.17, 15) is 4.79 Å². The molecule has 0 saturated carbocycles. The van der Waals surface area contributed by atoms with Crippen LogP contribution in [0.15, 0.2) is 91.0 Å². The second-order valence-corrected chi connectivity index (χ2v) is 19.3. The summed E-state index contributed by atoms with van der Waals surface area (Å²) in [6.07, 6.45) is -8.07. The molecule has 55 heavy (non-hydrogen) atoms. The number of hydrogen-bond acceptors (Lipinski definition) is 9. The van der Waals surface area contributed by atoms with Crippen LogP contribution in [0.2, 0.25) is 18.1 Å². The summed E-state index contributed by atoms with van der Waals surface area (Å²) in [5.74, 6) is -0.563. The van der Waals surface area contributed by atoms with Crippen molar-refractivity contribution in [3.63, 3.8) is 0 Å². The van der Waals surface area contributed by atoms with Gasteiger partial charge in [0.2, 0.25) is 5.75 Å². The van der Waals surface area contributed by atoms with Crippen molar-refractivity contribution >= 4 is 14.3 Å². The molecule has 13 heteroatoms. The number of hydrogen-bond donors (Lipinski definition) is 0. The highest BCUT2D eigenvalue weighted by atomic mass is 28.4. The number of rotatable bonds is 17. The van der Waals surface area contributed by atoms with E-state index in [2.05, 4.69) is 20.8 Å². The monoisotopic (exact) mass is 784 g/mol. The second-order valence-electron chi connectivity index (χ2n) is 14.5. The van der Waals surface area contributed by atoms with E-state index >= 15 is 13.2 Å². The van der Waals surface area contributed by atoms with Crippen LogP contribution in [-0.4, -0.2) is 61.6 Å². The summed E-state index contributed by atoms with van der Waals surface area (Å²) in [4.78, 5) is 14.4. The zero-order chi connectivity index (χ0) is 40.6. The summed E-state index contributed by atoms with van der Waals surface area (Å²) in [6, 6.07) is 24.3. The standard InChI is InChI=1S/C42H51F3O9Si/c1-28-21-22-32(33(23-28)47-5)53-36(27-52-55(9,10)40(2,3)4)37(54-39(46)41(50-8,42(43,44)45)31-19-15-12-16-20-31)30-24-34(48-6)38(35(25-30)49-7)51-26-29-17-13-11-14-18-29/h11-25,36-37H,26-27H2,1-10H3/t36-,37-,41-/m1/s1. The average Bonchev–Trinajstić information content (AvgIpc) is 3.15. The van der Waals surface area contributed by atoms with E-state index < -0.39 is 43.8 Å². The van der Waals surface area contributed by atoms with Crippen molar-refractivity contribution in [2.45, 2.75) is 76.4 Å². The molecule has 0 N–H and O–H groups in total. The first-order chi connectivity index (χ1) is 25.9. The van der Waals surface area contributed by atoms with Gasteiger partial charge in [-0.05, 0) is 60.4 Å². The van der Waals surface area contributed by atoms with Crippen molar-refractivity contribution in [3.8, 4) is 28.7 Å². The Morgan fingerprint density at radius 1 is 0.745 bits per heavy atom. The fourth-order valence-electron chi connectivity index (χ4n) is 5.61. The van der Waals surface area contributed by atoms with Crippen LogP contribution in [0.1, 0.15) is 49.1 Å². The Morgan fingerprint density at radius 3 is 1.82 bits per heavy atom. The first-order valence-electron chi connectivity index (χ1n) is 17.7. The third-order valence-electron chi connectivity index (χ3n) is 9.79. The van der Waals surface area contributed by atoms with E-state index in [1.807, 2.05) is 50.3 Å². The number of esters is 1. The molecule has 9 nitrogen and oxygen atoms in total. The van der Waals surface area contributed by atoms with Crippen molar-refractivity contribution in [2.24, 2.45) is 0 Å². The molecule has 4 aromatic carbocycles. The number of methoxy groups -OCH3 is 4. The summed E-state index contributed by atoms with van der Waals surface area (Å²) in [7, 11) is 2.57. The SMILES string of the molecule is COc1cc(C)ccc1O[C@H](CO[Si](C)(C)C(C)(C)C)[C@H](OC(=O)[C@](OC)(c1ccccc1)C(F)(F)F)c1cc(OC)c(OCc2ccccc2)c(OC)c1. The molecule has 0 aliphatic heterocycles. The van der Waals surface area contributed by atoms with Gasteiger partial charge in [0.05, 0.1) is 27.9 Å². The van der Waals surface area contributed by atoms with E-state index in [0.29, 0.717) is 5.75 Å². The molecule has 0 heterocycles. The van der Waals surface area contributed by atoms with Gasteiger partial charge < -0.3 is 37.6 Å². The molecule has 0 amide bonds. The van der Waals surface area contributed by atoms with E-state index in [4.69, 9.17) is 37.6 Å². The lowest BCUT2D eigenvalue weighted by atomic mass is 9.92. The number of halogens is 3. The predicted molar refractivity (Wildman–Crippen MR) is 206 cm³/mol. The van der Waals surface area contributed by atoms with Crippen LogP contribution >= 0.6 is 0 Å². The van der Waals surface area contributed by atoms with Gasteiger partial charge in [-0.3, -0.25) is 0 Å². The third-order valence-corrected chi connectivity index (χ3v) is 14.3. The largest absolute Gasteiger partial charge is 0.493 e. The number of carbonyl (C=O) groups excluding carboxylic acids is 1. The Kier molecular flexibility index (Phi) is 13.9. The van der Waals surface area contributed by atoms with Gasteiger partial charge in [0.25, 0.3) is 5.60 Å². The van der Waals surface area contributed by atoms with E-state index in [1.165, 1.54) is 51.7 Å². The summed E-state index contributed by atoms with van der Waals surface area (Å²) in [5.41, 5.74) is -2.06. The van der Waals surface area contributed by atoms with Gasteiger partial charge in [0.1, 0.15) is 6.61 Å². The number of aryl methyl sites for hydroxylation is 1. The Morgan fingerprint density at radius 2 is 1.31 bits per heavy atom. The van der Waals surface area contributed by atoms with Gasteiger partial charge >= 0.3 is 12.1 Å². The maximum Gasteiger partial charge on any atom is 0.432 e. The van der Waals surface area contributed by atoms with Crippen LogP contribution in [-0.2, 0) is 30.9 Å². The summed E-state index contributed by atoms with van der Waals surface area (Å²) in [6.45, 7) is 12.0. The van der Waals surface area contributed by atoms with Crippen molar-refractivity contribution < 1.29 is 55.5 Å². The number of alkyl halides is 3. The Labute approximate surface area is 322 Å². The quantitative estimate of drug-likeness (QED) is 0.0767. The molecule has 0 bridgehead atoms. The molecule has 4 aromatic rings. The first kappa shape index (κ1) is 43.0. The van der Waals surface area contributed by atoms with Gasteiger partial charge in [0.15, 0.2) is 43.5 Å². The third kappa shape index (κ3) is 9.75. The van der Waals surface area contributed by atoms with Crippen LogP contribution in [0, 0.1) is 6.92 Å². The lowest BCUT2D eigenvalue weighted by Gasteiger charge is -2.39. The van der Waals surface area contributed by atoms with E-state index in [-0.39, 0.29) is 46.8 Å². The van der Waals surface area contributed by atoms with Crippen LogP contribution in [0.4, 0.5) is 13.2 Å². The molecule has 0 radical (unpaired) electrons. The second kappa shape index (κ2) is 17.8. The Balaban J connectivity index is 1.95. The molecular weight excluding hydrogens is 734 g/mol. The van der Waals surface area contributed by atoms with Gasteiger partial charge in [-0.2, -0.15) is 13.2 Å². The highest BCUT2D eigenvalue weighted by molar-refractivity contribution is 6.74. The van der Waals surface area contributed by atoms with Crippen molar-refractivity contribution in [1.29, 1.82) is 0 Å².